The van der Waals surface area contributed by atoms with Crippen LogP contribution < -0.4 is 0 Å². The van der Waals surface area contributed by atoms with Gasteiger partial charge in [0.05, 0.1) is 6.07 Å². The molecule has 0 aromatic rings. The summed E-state index contributed by atoms with van der Waals surface area (Å²) in [6.45, 7) is 0. The lowest BCUT2D eigenvalue weighted by atomic mass is 9.79. The van der Waals surface area contributed by atoms with E-state index >= 15 is 0 Å². The van der Waals surface area contributed by atoms with E-state index in [0.717, 1.165) is 0 Å². The van der Waals surface area contributed by atoms with Gasteiger partial charge in [0.2, 0.25) is 0 Å². The summed E-state index contributed by atoms with van der Waals surface area (Å²) in [5, 5.41) is 26.1. The summed E-state index contributed by atoms with van der Waals surface area (Å²) in [7, 11) is -1.46. The minimum Gasteiger partial charge on any atom is -0.423 e. The molecule has 0 bridgehead atoms. The number of nitrogens with zero attached hydrogens (tertiary/aromatic N) is 1. The Morgan fingerprint density at radius 1 is 1.42 bits per heavy atom. The largest absolute Gasteiger partial charge is 0.488 e. The van der Waals surface area contributed by atoms with Gasteiger partial charge >= 0.3 is 7.12 Å². The van der Waals surface area contributed by atoms with E-state index in [4.69, 9.17) is 15.3 Å². The van der Waals surface area contributed by atoms with Gasteiger partial charge in [0, 0.05) is 12.0 Å². The Hall–Kier alpha value is -1.31. The summed E-state index contributed by atoms with van der Waals surface area (Å²) in [6, 6.07) is 2.01. The third-order valence-electron chi connectivity index (χ3n) is 1.57. The summed E-state index contributed by atoms with van der Waals surface area (Å²) >= 11 is 0. The molecular formula is C8H8BNO2. The highest BCUT2D eigenvalue weighted by Gasteiger charge is 2.11. The van der Waals surface area contributed by atoms with Gasteiger partial charge in [-0.3, -0.25) is 0 Å². The molecule has 12 heavy (non-hydrogen) atoms. The van der Waals surface area contributed by atoms with Crippen LogP contribution in [0.3, 0.4) is 0 Å². The average Bonchev–Trinajstić information content (AvgIpc) is 2.28. The summed E-state index contributed by atoms with van der Waals surface area (Å²) in [6.07, 6.45) is 7.00. The first-order valence-electron chi connectivity index (χ1n) is 3.57. The van der Waals surface area contributed by atoms with Crippen molar-refractivity contribution in [3.63, 3.8) is 0 Å². The summed E-state index contributed by atoms with van der Waals surface area (Å²) in [4.78, 5) is 0. The van der Waals surface area contributed by atoms with E-state index in [1.54, 1.807) is 18.2 Å². The molecule has 0 amide bonds. The van der Waals surface area contributed by atoms with E-state index < -0.39 is 7.12 Å². The van der Waals surface area contributed by atoms with E-state index in [-0.39, 0.29) is 0 Å². The number of hydrogen-bond donors (Lipinski definition) is 2. The molecule has 1 aliphatic carbocycles. The van der Waals surface area contributed by atoms with Crippen molar-refractivity contribution in [2.75, 3.05) is 0 Å². The van der Waals surface area contributed by atoms with E-state index in [2.05, 4.69) is 0 Å². The van der Waals surface area contributed by atoms with Crippen molar-refractivity contribution >= 4 is 7.12 Å². The highest BCUT2D eigenvalue weighted by atomic mass is 16.4. The zero-order valence-electron chi connectivity index (χ0n) is 6.44. The monoisotopic (exact) mass is 161 g/mol. The van der Waals surface area contributed by atoms with Gasteiger partial charge in [0.15, 0.2) is 0 Å². The standard InChI is InChI=1S/C8H8BNO2/c10-6-7-2-1-3-8(5-4-7)9(11)12/h1,3-5,11-12H,2H2. The van der Waals surface area contributed by atoms with Crippen LogP contribution in [-0.2, 0) is 0 Å². The van der Waals surface area contributed by atoms with Crippen LogP contribution in [0.2, 0.25) is 0 Å². The maximum absolute atomic E-state index is 8.78. The third kappa shape index (κ3) is 2.09. The second-order valence-corrected chi connectivity index (χ2v) is 2.45. The van der Waals surface area contributed by atoms with Gasteiger partial charge in [-0.1, -0.05) is 18.2 Å². The van der Waals surface area contributed by atoms with Crippen LogP contribution in [0.25, 0.3) is 0 Å². The van der Waals surface area contributed by atoms with E-state index in [1.807, 2.05) is 6.07 Å². The average molecular weight is 161 g/mol. The van der Waals surface area contributed by atoms with Crippen molar-refractivity contribution in [1.82, 2.24) is 0 Å². The van der Waals surface area contributed by atoms with Gasteiger partial charge in [0.1, 0.15) is 0 Å². The number of hydrogen-bond acceptors (Lipinski definition) is 3. The molecule has 2 N–H and O–H groups in total. The number of rotatable bonds is 1. The Morgan fingerprint density at radius 3 is 2.75 bits per heavy atom. The lowest BCUT2D eigenvalue weighted by molar-refractivity contribution is 0.420. The molecule has 4 heteroatoms. The topological polar surface area (TPSA) is 64.2 Å². The Balaban J connectivity index is 2.87. The predicted octanol–water partition coefficient (Wildman–Crippen LogP) is 0.335. The lowest BCUT2D eigenvalue weighted by Crippen LogP contribution is -2.13. The highest BCUT2D eigenvalue weighted by Crippen LogP contribution is 2.10. The van der Waals surface area contributed by atoms with Gasteiger partial charge in [-0.05, 0) is 11.5 Å². The van der Waals surface area contributed by atoms with Crippen molar-refractivity contribution in [1.29, 1.82) is 5.26 Å². The molecule has 0 heterocycles. The van der Waals surface area contributed by atoms with Crippen molar-refractivity contribution < 1.29 is 10.0 Å². The third-order valence-corrected chi connectivity index (χ3v) is 1.57. The van der Waals surface area contributed by atoms with Crippen molar-refractivity contribution in [3.8, 4) is 6.07 Å². The van der Waals surface area contributed by atoms with Gasteiger partial charge < -0.3 is 10.0 Å². The van der Waals surface area contributed by atoms with Gasteiger partial charge in [-0.2, -0.15) is 5.26 Å². The van der Waals surface area contributed by atoms with Gasteiger partial charge in [0.25, 0.3) is 0 Å². The first-order chi connectivity index (χ1) is 5.74. The molecule has 60 valence electrons. The molecule has 0 aromatic heterocycles. The molecule has 3 nitrogen and oxygen atoms in total. The van der Waals surface area contributed by atoms with Crippen molar-refractivity contribution in [2.24, 2.45) is 0 Å². The molecule has 0 atom stereocenters. The van der Waals surface area contributed by atoms with Crippen LogP contribution >= 0.6 is 0 Å². The summed E-state index contributed by atoms with van der Waals surface area (Å²) in [5.74, 6) is 0. The molecule has 1 rings (SSSR count). The van der Waals surface area contributed by atoms with Crippen LogP contribution in [0.4, 0.5) is 0 Å². The Labute approximate surface area is 71.1 Å². The first kappa shape index (κ1) is 8.79. The zero-order chi connectivity index (χ0) is 8.97. The molecule has 0 unspecified atom stereocenters. The number of nitriles is 1. The second-order valence-electron chi connectivity index (χ2n) is 2.45. The second kappa shape index (κ2) is 3.91. The van der Waals surface area contributed by atoms with Crippen LogP contribution in [0, 0.1) is 11.3 Å². The summed E-state index contributed by atoms with van der Waals surface area (Å²) in [5.41, 5.74) is 1.02. The zero-order valence-corrected chi connectivity index (χ0v) is 6.44. The maximum Gasteiger partial charge on any atom is 0.488 e. The highest BCUT2D eigenvalue weighted by molar-refractivity contribution is 6.51. The molecule has 1 aliphatic rings. The molecule has 0 radical (unpaired) electrons. The normalized spacial score (nSPS) is 15.8. The predicted molar refractivity (Wildman–Crippen MR) is 45.7 cm³/mol. The Morgan fingerprint density at radius 2 is 2.17 bits per heavy atom. The van der Waals surface area contributed by atoms with Crippen LogP contribution in [-0.4, -0.2) is 17.2 Å². The molecule has 0 spiro atoms. The fourth-order valence-electron chi connectivity index (χ4n) is 0.897. The minimum atomic E-state index is -1.46. The first-order valence-corrected chi connectivity index (χ1v) is 3.57. The van der Waals surface area contributed by atoms with E-state index in [1.165, 1.54) is 6.08 Å². The Bertz CT molecular complexity index is 297. The molecule has 0 aliphatic heterocycles. The van der Waals surface area contributed by atoms with E-state index in [0.29, 0.717) is 17.5 Å². The SMILES string of the molecule is N#CC1=CC=C(B(O)O)C=CC1. The van der Waals surface area contributed by atoms with Gasteiger partial charge in [-0.25, -0.2) is 0 Å². The van der Waals surface area contributed by atoms with E-state index in [9.17, 15) is 0 Å². The Kier molecular flexibility index (Phi) is 2.86. The van der Waals surface area contributed by atoms with Crippen LogP contribution in [0.1, 0.15) is 6.42 Å². The maximum atomic E-state index is 8.78. The fourth-order valence-corrected chi connectivity index (χ4v) is 0.897. The molecule has 0 saturated heterocycles. The minimum absolute atomic E-state index is 0.403. The van der Waals surface area contributed by atoms with Gasteiger partial charge in [-0.15, -0.1) is 0 Å². The quantitative estimate of drug-likeness (QED) is 0.544. The van der Waals surface area contributed by atoms with Crippen molar-refractivity contribution in [3.05, 3.63) is 35.3 Å². The smallest absolute Gasteiger partial charge is 0.423 e. The van der Waals surface area contributed by atoms with Crippen LogP contribution in [0.5, 0.6) is 0 Å². The lowest BCUT2D eigenvalue weighted by Gasteiger charge is -1.94. The molecular weight excluding hydrogens is 153 g/mol. The molecule has 0 fully saturated rings. The number of allylic oxidation sites excluding steroid dienone is 6. The molecule has 0 aromatic carbocycles. The summed E-state index contributed by atoms with van der Waals surface area (Å²) < 4.78 is 0. The van der Waals surface area contributed by atoms with Crippen LogP contribution in [0.15, 0.2) is 35.3 Å². The fraction of sp³-hybridized carbons (Fsp3) is 0.125. The van der Waals surface area contributed by atoms with Crippen molar-refractivity contribution in [2.45, 2.75) is 6.42 Å². The molecule has 0 saturated carbocycles.